The number of halogens is 1. The van der Waals surface area contributed by atoms with Gasteiger partial charge >= 0.3 is 0 Å². The molecule has 1 aliphatic heterocycles. The van der Waals surface area contributed by atoms with Gasteiger partial charge in [-0.15, -0.1) is 0 Å². The number of hydrogen-bond donors (Lipinski definition) is 3. The van der Waals surface area contributed by atoms with Crippen LogP contribution in [0.2, 0.25) is 5.02 Å². The number of ether oxygens (including phenoxy) is 1. The lowest BCUT2D eigenvalue weighted by atomic mass is 10.0. The van der Waals surface area contributed by atoms with E-state index in [1.54, 1.807) is 19.3 Å². The molecule has 140 valence electrons. The fraction of sp³-hybridized carbons (Fsp3) is 0.474. The van der Waals surface area contributed by atoms with Crippen LogP contribution in [-0.2, 0) is 4.74 Å². The molecule has 1 aliphatic rings. The first-order chi connectivity index (χ1) is 12.6. The van der Waals surface area contributed by atoms with Crippen molar-refractivity contribution >= 4 is 23.1 Å². The first kappa shape index (κ1) is 18.9. The number of pyridine rings is 2. The fourth-order valence-electron chi connectivity index (χ4n) is 2.91. The van der Waals surface area contributed by atoms with Crippen LogP contribution in [0.5, 0.6) is 0 Å². The summed E-state index contributed by atoms with van der Waals surface area (Å²) in [5, 5.41) is 16.6. The summed E-state index contributed by atoms with van der Waals surface area (Å²) in [5.41, 5.74) is 2.76. The molecule has 7 heteroatoms. The maximum absolute atomic E-state index is 9.42. The highest BCUT2D eigenvalue weighted by molar-refractivity contribution is 6.33. The average molecular weight is 377 g/mol. The molecule has 0 saturated carbocycles. The van der Waals surface area contributed by atoms with E-state index < -0.39 is 6.10 Å². The molecule has 0 spiro atoms. The summed E-state index contributed by atoms with van der Waals surface area (Å²) in [7, 11) is 0. The van der Waals surface area contributed by atoms with Crippen molar-refractivity contribution in [3.05, 3.63) is 35.7 Å². The molecule has 26 heavy (non-hydrogen) atoms. The highest BCUT2D eigenvalue weighted by Crippen LogP contribution is 2.30. The van der Waals surface area contributed by atoms with Gasteiger partial charge in [0, 0.05) is 56.0 Å². The van der Waals surface area contributed by atoms with E-state index in [0.717, 1.165) is 49.4 Å². The molecule has 0 radical (unpaired) electrons. The van der Waals surface area contributed by atoms with Gasteiger partial charge in [0.25, 0.3) is 0 Å². The van der Waals surface area contributed by atoms with Gasteiger partial charge in [0.15, 0.2) is 0 Å². The van der Waals surface area contributed by atoms with Crippen LogP contribution >= 0.6 is 11.6 Å². The van der Waals surface area contributed by atoms with Crippen LogP contribution in [0.15, 0.2) is 30.7 Å². The average Bonchev–Trinajstić information content (AvgIpc) is 2.67. The van der Waals surface area contributed by atoms with Crippen molar-refractivity contribution < 1.29 is 9.84 Å². The van der Waals surface area contributed by atoms with Gasteiger partial charge in [-0.3, -0.25) is 4.98 Å². The lowest BCUT2D eigenvalue weighted by Gasteiger charge is -2.22. The van der Waals surface area contributed by atoms with E-state index in [0.29, 0.717) is 23.3 Å². The maximum Gasteiger partial charge on any atom is 0.126 e. The van der Waals surface area contributed by atoms with Crippen LogP contribution < -0.4 is 10.6 Å². The van der Waals surface area contributed by atoms with Gasteiger partial charge in [-0.2, -0.15) is 0 Å². The molecular formula is C19H25ClN4O2. The normalized spacial score (nSPS) is 16.3. The summed E-state index contributed by atoms with van der Waals surface area (Å²) in [5.74, 6) is 1.30. The maximum atomic E-state index is 9.42. The molecule has 0 bridgehead atoms. The smallest absolute Gasteiger partial charge is 0.126 e. The Hall–Kier alpha value is -1.89. The first-order valence-corrected chi connectivity index (χ1v) is 9.34. The van der Waals surface area contributed by atoms with E-state index >= 15 is 0 Å². The van der Waals surface area contributed by atoms with Crippen LogP contribution in [0.1, 0.15) is 19.8 Å². The SMILES string of the molecule is CC(O)CNc1cc(-c2cncc(NCC3CCOCC3)c2)c(Cl)cn1. The molecule has 3 rings (SSSR count). The molecule has 0 aromatic carbocycles. The van der Waals surface area contributed by atoms with E-state index in [9.17, 15) is 5.11 Å². The topological polar surface area (TPSA) is 79.3 Å². The molecule has 1 fully saturated rings. The largest absolute Gasteiger partial charge is 0.392 e. The highest BCUT2D eigenvalue weighted by atomic mass is 35.5. The Morgan fingerprint density at radius 1 is 1.23 bits per heavy atom. The van der Waals surface area contributed by atoms with E-state index in [4.69, 9.17) is 16.3 Å². The van der Waals surface area contributed by atoms with Gasteiger partial charge in [0.1, 0.15) is 5.82 Å². The second-order valence-electron chi connectivity index (χ2n) is 6.68. The molecule has 2 aromatic heterocycles. The number of aromatic nitrogens is 2. The monoisotopic (exact) mass is 376 g/mol. The van der Waals surface area contributed by atoms with Crippen molar-refractivity contribution in [3.8, 4) is 11.1 Å². The van der Waals surface area contributed by atoms with E-state index in [2.05, 4.69) is 20.6 Å². The molecule has 1 atom stereocenters. The first-order valence-electron chi connectivity index (χ1n) is 8.96. The molecule has 0 amide bonds. The Balaban J connectivity index is 1.71. The van der Waals surface area contributed by atoms with E-state index in [1.807, 2.05) is 18.3 Å². The molecule has 3 N–H and O–H groups in total. The number of nitrogens with one attached hydrogen (secondary N) is 2. The predicted molar refractivity (Wildman–Crippen MR) is 105 cm³/mol. The van der Waals surface area contributed by atoms with Crippen LogP contribution in [0.4, 0.5) is 11.5 Å². The Labute approximate surface area is 159 Å². The summed E-state index contributed by atoms with van der Waals surface area (Å²) in [6.07, 6.45) is 6.96. The standard InChI is InChI=1S/C19H25ClN4O2/c1-13(25)8-23-19-7-17(18(20)12-24-19)15-6-16(11-21-10-15)22-9-14-2-4-26-5-3-14/h6-7,10-14,22,25H,2-5,8-9H2,1H3,(H,23,24). The Morgan fingerprint density at radius 2 is 2.04 bits per heavy atom. The Kier molecular flexibility index (Phi) is 6.66. The number of rotatable bonds is 7. The second kappa shape index (κ2) is 9.16. The van der Waals surface area contributed by atoms with Crippen molar-refractivity contribution in [2.45, 2.75) is 25.9 Å². The van der Waals surface area contributed by atoms with Crippen molar-refractivity contribution in [2.24, 2.45) is 5.92 Å². The number of hydrogen-bond acceptors (Lipinski definition) is 6. The number of anilines is 2. The summed E-state index contributed by atoms with van der Waals surface area (Å²) >= 11 is 6.34. The quantitative estimate of drug-likeness (QED) is 0.687. The van der Waals surface area contributed by atoms with Crippen molar-refractivity contribution in [1.29, 1.82) is 0 Å². The number of aliphatic hydroxyl groups is 1. The van der Waals surface area contributed by atoms with Crippen molar-refractivity contribution in [3.63, 3.8) is 0 Å². The van der Waals surface area contributed by atoms with E-state index in [1.165, 1.54) is 0 Å². The van der Waals surface area contributed by atoms with Gasteiger partial charge in [-0.1, -0.05) is 11.6 Å². The van der Waals surface area contributed by atoms with Crippen LogP contribution in [0, 0.1) is 5.92 Å². The zero-order valence-electron chi connectivity index (χ0n) is 14.9. The third-order valence-corrected chi connectivity index (χ3v) is 4.72. The highest BCUT2D eigenvalue weighted by Gasteiger charge is 2.14. The predicted octanol–water partition coefficient (Wildman–Crippen LogP) is 3.43. The van der Waals surface area contributed by atoms with Crippen molar-refractivity contribution in [2.75, 3.05) is 36.9 Å². The summed E-state index contributed by atoms with van der Waals surface area (Å²) in [6, 6.07) is 3.93. The van der Waals surface area contributed by atoms with E-state index in [-0.39, 0.29) is 0 Å². The zero-order chi connectivity index (χ0) is 18.4. The minimum Gasteiger partial charge on any atom is -0.392 e. The van der Waals surface area contributed by atoms with Crippen molar-refractivity contribution in [1.82, 2.24) is 9.97 Å². The third-order valence-electron chi connectivity index (χ3n) is 4.42. The summed E-state index contributed by atoms with van der Waals surface area (Å²) in [6.45, 7) is 4.76. The molecule has 0 aliphatic carbocycles. The minimum absolute atomic E-state index is 0.430. The lowest BCUT2D eigenvalue weighted by molar-refractivity contribution is 0.0699. The Bertz CT molecular complexity index is 720. The van der Waals surface area contributed by atoms with Gasteiger partial charge in [-0.05, 0) is 37.8 Å². The lowest BCUT2D eigenvalue weighted by Crippen LogP contribution is -2.22. The fourth-order valence-corrected chi connectivity index (χ4v) is 3.12. The Morgan fingerprint density at radius 3 is 2.81 bits per heavy atom. The molecule has 2 aromatic rings. The number of nitrogens with zero attached hydrogens (tertiary/aromatic N) is 2. The molecule has 6 nitrogen and oxygen atoms in total. The molecule has 3 heterocycles. The summed E-state index contributed by atoms with van der Waals surface area (Å²) in [4.78, 5) is 8.60. The minimum atomic E-state index is -0.449. The second-order valence-corrected chi connectivity index (χ2v) is 7.09. The molecular weight excluding hydrogens is 352 g/mol. The number of aliphatic hydroxyl groups excluding tert-OH is 1. The molecule has 1 unspecified atom stereocenters. The van der Waals surface area contributed by atoms with Crippen LogP contribution in [-0.4, -0.2) is 47.5 Å². The van der Waals surface area contributed by atoms with Gasteiger partial charge < -0.3 is 20.5 Å². The summed E-state index contributed by atoms with van der Waals surface area (Å²) < 4.78 is 5.41. The van der Waals surface area contributed by atoms with Gasteiger partial charge in [-0.25, -0.2) is 4.98 Å². The van der Waals surface area contributed by atoms with Crippen LogP contribution in [0.3, 0.4) is 0 Å². The third kappa shape index (κ3) is 5.30. The zero-order valence-corrected chi connectivity index (χ0v) is 15.7. The molecule has 1 saturated heterocycles. The van der Waals surface area contributed by atoms with Crippen LogP contribution in [0.25, 0.3) is 11.1 Å². The van der Waals surface area contributed by atoms with Gasteiger partial charge in [0.05, 0.1) is 16.8 Å². The van der Waals surface area contributed by atoms with Gasteiger partial charge in [0.2, 0.25) is 0 Å².